The Hall–Kier alpha value is -0.900. The molecule has 2 nitrogen and oxygen atoms in total. The van der Waals surface area contributed by atoms with Crippen molar-refractivity contribution in [1.82, 2.24) is 4.98 Å². The molecule has 1 aromatic heterocycles. The SMILES string of the molecule is O=C(Cc1ccc(Br)cc1)c1ncc(Cl)cc1Cl. The number of halogens is 3. The Kier molecular flexibility index (Phi) is 4.38. The number of carbonyl (C=O) groups excluding carboxylic acids is 1. The summed E-state index contributed by atoms with van der Waals surface area (Å²) in [5, 5.41) is 0.699. The molecule has 92 valence electrons. The van der Waals surface area contributed by atoms with Crippen molar-refractivity contribution in [2.45, 2.75) is 6.42 Å². The number of ketones is 1. The summed E-state index contributed by atoms with van der Waals surface area (Å²) in [6.07, 6.45) is 1.68. The fourth-order valence-electron chi connectivity index (χ4n) is 1.49. The number of carbonyl (C=O) groups is 1. The van der Waals surface area contributed by atoms with Crippen LogP contribution in [0.25, 0.3) is 0 Å². The molecule has 18 heavy (non-hydrogen) atoms. The molecule has 0 aliphatic rings. The van der Waals surface area contributed by atoms with Gasteiger partial charge in [-0.2, -0.15) is 0 Å². The average Bonchev–Trinajstić information content (AvgIpc) is 2.32. The lowest BCUT2D eigenvalue weighted by atomic mass is 10.1. The van der Waals surface area contributed by atoms with Crippen LogP contribution in [0.3, 0.4) is 0 Å². The fraction of sp³-hybridized carbons (Fsp3) is 0.0769. The van der Waals surface area contributed by atoms with Gasteiger partial charge in [0, 0.05) is 17.1 Å². The minimum absolute atomic E-state index is 0.126. The minimum Gasteiger partial charge on any atom is -0.292 e. The van der Waals surface area contributed by atoms with Crippen molar-refractivity contribution in [1.29, 1.82) is 0 Å². The van der Waals surface area contributed by atoms with E-state index in [9.17, 15) is 4.79 Å². The van der Waals surface area contributed by atoms with Gasteiger partial charge in [0.2, 0.25) is 0 Å². The van der Waals surface area contributed by atoms with E-state index in [0.717, 1.165) is 10.0 Å². The van der Waals surface area contributed by atoms with E-state index in [1.165, 1.54) is 12.3 Å². The van der Waals surface area contributed by atoms with Crippen molar-refractivity contribution in [3.63, 3.8) is 0 Å². The van der Waals surface area contributed by atoms with Crippen molar-refractivity contribution in [2.24, 2.45) is 0 Å². The molecule has 0 aliphatic heterocycles. The Bertz CT molecular complexity index is 584. The highest BCUT2D eigenvalue weighted by Crippen LogP contribution is 2.20. The summed E-state index contributed by atoms with van der Waals surface area (Å²) in [4.78, 5) is 16.0. The third-order valence-electron chi connectivity index (χ3n) is 2.35. The van der Waals surface area contributed by atoms with Gasteiger partial charge in [-0.15, -0.1) is 0 Å². The molecular weight excluding hydrogens is 337 g/mol. The van der Waals surface area contributed by atoms with E-state index in [1.54, 1.807) is 0 Å². The number of aromatic nitrogens is 1. The first-order chi connectivity index (χ1) is 8.56. The molecule has 1 aromatic carbocycles. The first kappa shape index (κ1) is 13.5. The van der Waals surface area contributed by atoms with Gasteiger partial charge >= 0.3 is 0 Å². The largest absolute Gasteiger partial charge is 0.292 e. The standard InChI is InChI=1S/C13H8BrCl2NO/c14-9-3-1-8(2-4-9)5-12(18)13-11(16)6-10(15)7-17-13/h1-4,6-7H,5H2. The van der Waals surface area contributed by atoms with Gasteiger partial charge in [0.05, 0.1) is 10.0 Å². The number of nitrogens with zero attached hydrogens (tertiary/aromatic N) is 1. The summed E-state index contributed by atoms with van der Waals surface area (Å²) in [6, 6.07) is 9.06. The molecule has 0 unspecified atom stereocenters. The van der Waals surface area contributed by atoms with Gasteiger partial charge in [-0.05, 0) is 23.8 Å². The highest BCUT2D eigenvalue weighted by atomic mass is 79.9. The summed E-state index contributed by atoms with van der Waals surface area (Å²) in [7, 11) is 0. The van der Waals surface area contributed by atoms with Crippen LogP contribution in [-0.4, -0.2) is 10.8 Å². The van der Waals surface area contributed by atoms with E-state index in [4.69, 9.17) is 23.2 Å². The quantitative estimate of drug-likeness (QED) is 0.763. The smallest absolute Gasteiger partial charge is 0.187 e. The van der Waals surface area contributed by atoms with E-state index in [-0.39, 0.29) is 22.9 Å². The Balaban J connectivity index is 2.19. The molecule has 2 aromatic rings. The molecule has 0 radical (unpaired) electrons. The zero-order valence-electron chi connectivity index (χ0n) is 9.16. The maximum absolute atomic E-state index is 12.0. The molecule has 0 amide bonds. The monoisotopic (exact) mass is 343 g/mol. The summed E-state index contributed by atoms with van der Waals surface area (Å²) in [5.41, 5.74) is 1.17. The van der Waals surface area contributed by atoms with Gasteiger partial charge in [0.1, 0.15) is 5.69 Å². The van der Waals surface area contributed by atoms with E-state index < -0.39 is 0 Å². The molecule has 0 atom stereocenters. The topological polar surface area (TPSA) is 30.0 Å². The molecule has 0 fully saturated rings. The second kappa shape index (κ2) is 5.83. The lowest BCUT2D eigenvalue weighted by molar-refractivity contribution is 0.0988. The van der Waals surface area contributed by atoms with Gasteiger partial charge in [-0.25, -0.2) is 4.98 Å². The fourth-order valence-corrected chi connectivity index (χ4v) is 2.24. The molecule has 0 aliphatic carbocycles. The van der Waals surface area contributed by atoms with Crippen molar-refractivity contribution in [3.05, 3.63) is 62.3 Å². The molecule has 0 bridgehead atoms. The lowest BCUT2D eigenvalue weighted by Gasteiger charge is -2.03. The van der Waals surface area contributed by atoms with Crippen LogP contribution in [0.5, 0.6) is 0 Å². The van der Waals surface area contributed by atoms with Crippen LogP contribution in [0.1, 0.15) is 16.1 Å². The summed E-state index contributed by atoms with van der Waals surface area (Å²) >= 11 is 15.0. The summed E-state index contributed by atoms with van der Waals surface area (Å²) < 4.78 is 0.973. The molecule has 0 spiro atoms. The Morgan fingerprint density at radius 3 is 2.50 bits per heavy atom. The predicted molar refractivity (Wildman–Crippen MR) is 76.4 cm³/mol. The third-order valence-corrected chi connectivity index (χ3v) is 3.37. The van der Waals surface area contributed by atoms with Gasteiger partial charge in [-0.1, -0.05) is 51.3 Å². The lowest BCUT2D eigenvalue weighted by Crippen LogP contribution is -2.06. The van der Waals surface area contributed by atoms with Crippen LogP contribution in [0.4, 0.5) is 0 Å². The predicted octanol–water partition coefficient (Wildman–Crippen LogP) is 4.58. The number of hydrogen-bond acceptors (Lipinski definition) is 2. The minimum atomic E-state index is -0.126. The molecule has 0 saturated heterocycles. The Morgan fingerprint density at radius 1 is 1.22 bits per heavy atom. The number of benzene rings is 1. The number of Topliss-reactive ketones (excluding diaryl/α,β-unsaturated/α-hetero) is 1. The van der Waals surface area contributed by atoms with Gasteiger partial charge in [-0.3, -0.25) is 4.79 Å². The van der Waals surface area contributed by atoms with Crippen molar-refractivity contribution < 1.29 is 4.79 Å². The molecule has 0 N–H and O–H groups in total. The first-order valence-electron chi connectivity index (χ1n) is 5.15. The Morgan fingerprint density at radius 2 is 1.89 bits per heavy atom. The number of hydrogen-bond donors (Lipinski definition) is 0. The highest BCUT2D eigenvalue weighted by Gasteiger charge is 2.13. The molecule has 2 rings (SSSR count). The van der Waals surface area contributed by atoms with E-state index in [0.29, 0.717) is 5.02 Å². The first-order valence-corrected chi connectivity index (χ1v) is 6.70. The van der Waals surface area contributed by atoms with Gasteiger partial charge < -0.3 is 0 Å². The van der Waals surface area contributed by atoms with E-state index in [1.807, 2.05) is 24.3 Å². The summed E-state index contributed by atoms with van der Waals surface area (Å²) in [6.45, 7) is 0. The van der Waals surface area contributed by atoms with Gasteiger partial charge in [0.25, 0.3) is 0 Å². The van der Waals surface area contributed by atoms with Crippen LogP contribution in [0.15, 0.2) is 41.0 Å². The average molecular weight is 345 g/mol. The second-order valence-electron chi connectivity index (χ2n) is 3.71. The van der Waals surface area contributed by atoms with Crippen molar-refractivity contribution in [2.75, 3.05) is 0 Å². The second-order valence-corrected chi connectivity index (χ2v) is 5.47. The van der Waals surface area contributed by atoms with Crippen LogP contribution >= 0.6 is 39.1 Å². The summed E-state index contributed by atoms with van der Waals surface area (Å²) in [5.74, 6) is -0.126. The third kappa shape index (κ3) is 3.31. The zero-order chi connectivity index (χ0) is 13.1. The molecule has 5 heteroatoms. The molecule has 0 saturated carbocycles. The van der Waals surface area contributed by atoms with Gasteiger partial charge in [0.15, 0.2) is 5.78 Å². The van der Waals surface area contributed by atoms with Crippen LogP contribution in [-0.2, 0) is 6.42 Å². The van der Waals surface area contributed by atoms with Crippen LogP contribution in [0.2, 0.25) is 10.0 Å². The maximum atomic E-state index is 12.0. The van der Waals surface area contributed by atoms with E-state index in [2.05, 4.69) is 20.9 Å². The van der Waals surface area contributed by atoms with Crippen LogP contribution in [0, 0.1) is 0 Å². The van der Waals surface area contributed by atoms with Crippen molar-refractivity contribution in [3.8, 4) is 0 Å². The van der Waals surface area contributed by atoms with Crippen molar-refractivity contribution >= 4 is 44.9 Å². The van der Waals surface area contributed by atoms with E-state index >= 15 is 0 Å². The highest BCUT2D eigenvalue weighted by molar-refractivity contribution is 9.10. The normalized spacial score (nSPS) is 10.4. The molecule has 1 heterocycles. The number of pyridine rings is 1. The Labute approximate surface area is 123 Å². The van der Waals surface area contributed by atoms with Crippen LogP contribution < -0.4 is 0 Å². The zero-order valence-corrected chi connectivity index (χ0v) is 12.3. The molecular formula is C13H8BrCl2NO. The maximum Gasteiger partial charge on any atom is 0.187 e. The number of rotatable bonds is 3.